The van der Waals surface area contributed by atoms with E-state index < -0.39 is 0 Å². The van der Waals surface area contributed by atoms with E-state index in [2.05, 4.69) is 24.3 Å². The van der Waals surface area contributed by atoms with Crippen molar-refractivity contribution in [2.24, 2.45) is 23.7 Å². The molecule has 4 unspecified atom stereocenters. The van der Waals surface area contributed by atoms with Crippen LogP contribution in [0.25, 0.3) is 0 Å². The monoisotopic (exact) mass is 214 g/mol. The van der Waals surface area contributed by atoms with Crippen LogP contribution >= 0.6 is 0 Å². The molecule has 0 spiro atoms. The lowest BCUT2D eigenvalue weighted by atomic mass is 9.69. The van der Waals surface area contributed by atoms with Gasteiger partial charge in [-0.2, -0.15) is 10.5 Å². The first-order valence-electron chi connectivity index (χ1n) is 5.81. The molecule has 0 aliphatic heterocycles. The van der Waals surface area contributed by atoms with Gasteiger partial charge in [-0.3, -0.25) is 0 Å². The van der Waals surface area contributed by atoms with Gasteiger partial charge in [0.25, 0.3) is 0 Å². The average Bonchev–Trinajstić information content (AvgIpc) is 2.31. The lowest BCUT2D eigenvalue weighted by molar-refractivity contribution is 0.242. The van der Waals surface area contributed by atoms with E-state index in [0.29, 0.717) is 0 Å². The Hall–Kier alpha value is -1.54. The Morgan fingerprint density at radius 2 is 1.25 bits per heavy atom. The first-order valence-corrected chi connectivity index (χ1v) is 5.81. The van der Waals surface area contributed by atoms with Gasteiger partial charge in [0.2, 0.25) is 0 Å². The smallest absolute Gasteiger partial charge is 0.0662 e. The van der Waals surface area contributed by atoms with Gasteiger partial charge >= 0.3 is 0 Å². The number of nitriles is 2. The molecule has 1 saturated carbocycles. The van der Waals surface area contributed by atoms with Crippen molar-refractivity contribution in [2.75, 3.05) is 0 Å². The van der Waals surface area contributed by atoms with Gasteiger partial charge in [-0.15, -0.1) is 0 Å². The van der Waals surface area contributed by atoms with Crippen LogP contribution in [0.1, 0.15) is 26.7 Å². The molecule has 16 heavy (non-hydrogen) atoms. The minimum Gasteiger partial charge on any atom is -0.198 e. The van der Waals surface area contributed by atoms with Crippen molar-refractivity contribution >= 4 is 0 Å². The van der Waals surface area contributed by atoms with E-state index in [1.165, 1.54) is 0 Å². The number of nitrogens with zero attached hydrogens (tertiary/aromatic N) is 2. The summed E-state index contributed by atoms with van der Waals surface area (Å²) < 4.78 is 0. The lowest BCUT2D eigenvalue weighted by Crippen LogP contribution is -2.28. The van der Waals surface area contributed by atoms with Gasteiger partial charge in [0, 0.05) is 0 Å². The lowest BCUT2D eigenvalue weighted by Gasteiger charge is -2.33. The zero-order valence-corrected chi connectivity index (χ0v) is 9.93. The van der Waals surface area contributed by atoms with Crippen molar-refractivity contribution in [3.63, 3.8) is 0 Å². The zero-order chi connectivity index (χ0) is 12.0. The summed E-state index contributed by atoms with van der Waals surface area (Å²) in [6, 6.07) is 4.75. The minimum absolute atomic E-state index is 0.0574. The summed E-state index contributed by atoms with van der Waals surface area (Å²) in [5.74, 6) is 0.617. The topological polar surface area (TPSA) is 47.6 Å². The second-order valence-electron chi connectivity index (χ2n) is 4.32. The summed E-state index contributed by atoms with van der Waals surface area (Å²) in [5, 5.41) is 18.3. The highest BCUT2D eigenvalue weighted by Crippen LogP contribution is 2.38. The Kier molecular flexibility index (Phi) is 4.80. The SMILES string of the molecule is C/C=C/C1CC(C#N)C(/C=C/C)CC1C#N. The molecule has 1 aliphatic rings. The average molecular weight is 214 g/mol. The van der Waals surface area contributed by atoms with Crippen LogP contribution in [0.4, 0.5) is 0 Å². The normalized spacial score (nSPS) is 35.0. The van der Waals surface area contributed by atoms with Gasteiger partial charge in [-0.05, 0) is 38.5 Å². The highest BCUT2D eigenvalue weighted by atomic mass is 14.4. The van der Waals surface area contributed by atoms with Crippen LogP contribution in [0.2, 0.25) is 0 Å². The second-order valence-corrected chi connectivity index (χ2v) is 4.32. The predicted molar refractivity (Wildman–Crippen MR) is 64.0 cm³/mol. The molecule has 2 nitrogen and oxygen atoms in total. The highest BCUT2D eigenvalue weighted by molar-refractivity contribution is 5.10. The summed E-state index contributed by atoms with van der Waals surface area (Å²) in [7, 11) is 0. The summed E-state index contributed by atoms with van der Waals surface area (Å²) >= 11 is 0. The van der Waals surface area contributed by atoms with Crippen LogP contribution < -0.4 is 0 Å². The largest absolute Gasteiger partial charge is 0.198 e. The molecule has 0 radical (unpaired) electrons. The van der Waals surface area contributed by atoms with Crippen molar-refractivity contribution in [2.45, 2.75) is 26.7 Å². The summed E-state index contributed by atoms with van der Waals surface area (Å²) in [6.45, 7) is 3.93. The molecule has 0 N–H and O–H groups in total. The molecule has 0 aromatic heterocycles. The van der Waals surface area contributed by atoms with Crippen molar-refractivity contribution in [3.05, 3.63) is 24.3 Å². The van der Waals surface area contributed by atoms with Crippen molar-refractivity contribution in [1.82, 2.24) is 0 Å². The third-order valence-corrected chi connectivity index (χ3v) is 3.30. The Morgan fingerprint density at radius 3 is 1.50 bits per heavy atom. The first-order chi connectivity index (χ1) is 7.76. The van der Waals surface area contributed by atoms with E-state index in [4.69, 9.17) is 10.5 Å². The molecule has 0 bridgehead atoms. The predicted octanol–water partition coefficient (Wildman–Crippen LogP) is 3.44. The Morgan fingerprint density at radius 1 is 0.875 bits per heavy atom. The van der Waals surface area contributed by atoms with Gasteiger partial charge in [0.1, 0.15) is 0 Å². The van der Waals surface area contributed by atoms with Crippen LogP contribution in [0.5, 0.6) is 0 Å². The van der Waals surface area contributed by atoms with Crippen LogP contribution in [0, 0.1) is 46.3 Å². The molecule has 2 heteroatoms. The van der Waals surface area contributed by atoms with E-state index in [0.717, 1.165) is 12.8 Å². The van der Waals surface area contributed by atoms with Crippen molar-refractivity contribution in [1.29, 1.82) is 10.5 Å². The molecule has 0 aromatic carbocycles. The molecule has 1 fully saturated rings. The molecule has 0 saturated heterocycles. The van der Waals surface area contributed by atoms with Crippen LogP contribution in [-0.2, 0) is 0 Å². The molecule has 1 rings (SSSR count). The second kappa shape index (κ2) is 6.13. The summed E-state index contributed by atoms with van der Waals surface area (Å²) in [4.78, 5) is 0. The number of allylic oxidation sites excluding steroid dienone is 4. The number of hydrogen-bond acceptors (Lipinski definition) is 2. The maximum Gasteiger partial charge on any atom is 0.0662 e. The molecule has 1 aliphatic carbocycles. The van der Waals surface area contributed by atoms with Gasteiger partial charge in [0.05, 0.1) is 24.0 Å². The van der Waals surface area contributed by atoms with Crippen molar-refractivity contribution < 1.29 is 0 Å². The van der Waals surface area contributed by atoms with E-state index in [1.54, 1.807) is 0 Å². The molecule has 4 atom stereocenters. The van der Waals surface area contributed by atoms with E-state index in [9.17, 15) is 0 Å². The summed E-state index contributed by atoms with van der Waals surface area (Å²) in [6.07, 6.45) is 9.75. The van der Waals surface area contributed by atoms with E-state index in [1.807, 2.05) is 26.0 Å². The van der Waals surface area contributed by atoms with Gasteiger partial charge < -0.3 is 0 Å². The fourth-order valence-corrected chi connectivity index (χ4v) is 2.48. The maximum atomic E-state index is 9.14. The van der Waals surface area contributed by atoms with Crippen molar-refractivity contribution in [3.8, 4) is 12.1 Å². The Balaban J connectivity index is 2.85. The molecule has 0 aromatic rings. The standard InChI is InChI=1S/C14H18N2/c1-3-5-11-7-14(10-16)12(6-4-2)8-13(11)9-15/h3-6,11-14H,7-8H2,1-2H3/b5-3+,6-4+. The summed E-state index contributed by atoms with van der Waals surface area (Å²) in [5.41, 5.74) is 0. The molecule has 0 heterocycles. The quantitative estimate of drug-likeness (QED) is 0.661. The van der Waals surface area contributed by atoms with E-state index >= 15 is 0 Å². The minimum atomic E-state index is 0.0574. The van der Waals surface area contributed by atoms with Crippen LogP contribution in [0.15, 0.2) is 24.3 Å². The fourth-order valence-electron chi connectivity index (χ4n) is 2.48. The Labute approximate surface area is 97.9 Å². The molecular weight excluding hydrogens is 196 g/mol. The fraction of sp³-hybridized carbons (Fsp3) is 0.571. The molecular formula is C14H18N2. The number of hydrogen-bond donors (Lipinski definition) is 0. The molecule has 84 valence electrons. The highest BCUT2D eigenvalue weighted by Gasteiger charge is 2.34. The zero-order valence-electron chi connectivity index (χ0n) is 9.93. The number of rotatable bonds is 2. The van der Waals surface area contributed by atoms with Gasteiger partial charge in [-0.25, -0.2) is 0 Å². The third kappa shape index (κ3) is 2.74. The maximum absolute atomic E-state index is 9.14. The van der Waals surface area contributed by atoms with Gasteiger partial charge in [0.15, 0.2) is 0 Å². The van der Waals surface area contributed by atoms with Gasteiger partial charge in [-0.1, -0.05) is 24.3 Å². The van der Waals surface area contributed by atoms with Crippen LogP contribution in [0.3, 0.4) is 0 Å². The van der Waals surface area contributed by atoms with E-state index in [-0.39, 0.29) is 23.7 Å². The van der Waals surface area contributed by atoms with Crippen LogP contribution in [-0.4, -0.2) is 0 Å². The first kappa shape index (κ1) is 12.5. The third-order valence-electron chi connectivity index (χ3n) is 3.30. The Bertz CT molecular complexity index is 318. The molecule has 0 amide bonds.